The van der Waals surface area contributed by atoms with Gasteiger partial charge in [0.15, 0.2) is 0 Å². The molecule has 0 aliphatic heterocycles. The van der Waals surface area contributed by atoms with Gasteiger partial charge in [-0.25, -0.2) is 14.6 Å². The number of rotatable bonds is 11. The van der Waals surface area contributed by atoms with Gasteiger partial charge in [-0.3, -0.25) is 9.97 Å². The second-order valence-electron chi connectivity index (χ2n) is 9.34. The Morgan fingerprint density at radius 2 is 1.25 bits per heavy atom. The zero-order chi connectivity index (χ0) is 28.1. The predicted octanol–water partition coefficient (Wildman–Crippen LogP) is 8.18. The topological polar surface area (TPSA) is 113 Å². The van der Waals surface area contributed by atoms with Crippen LogP contribution in [0.1, 0.15) is 58.2 Å². The van der Waals surface area contributed by atoms with E-state index in [0.717, 1.165) is 21.7 Å². The number of nitrogens with zero attached hydrogens (tertiary/aromatic N) is 3. The molecule has 202 valence electrons. The highest BCUT2D eigenvalue weighted by Gasteiger charge is 2.16. The molecule has 0 unspecified atom stereocenters. The van der Waals surface area contributed by atoms with Crippen LogP contribution in [0.3, 0.4) is 0 Å². The lowest BCUT2D eigenvalue weighted by Crippen LogP contribution is -2.00. The van der Waals surface area contributed by atoms with Gasteiger partial charge in [-0.1, -0.05) is 26.2 Å². The number of aryl methyl sites for hydroxylation is 1. The normalized spacial score (nSPS) is 11.0. The maximum Gasteiger partial charge on any atom is 0.335 e. The number of aromatic carboxylic acids is 2. The van der Waals surface area contributed by atoms with Crippen molar-refractivity contribution in [3.05, 3.63) is 89.1 Å². The Morgan fingerprint density at radius 3 is 1.85 bits per heavy atom. The van der Waals surface area contributed by atoms with Crippen LogP contribution in [-0.4, -0.2) is 37.1 Å². The standard InChI is InChI=1S/C31H27N3O4S2/c1-2-3-4-5-6-22-7-8-28(39-22)29-10-9-27(40-29)21-17-25(23-15-19(30(35)36)11-13-32-23)34-26(18-21)24-16-20(31(37)38)12-14-33-24/h7-18H,2-6H2,1H3,(H,35,36)(H,37,38). The Balaban J connectivity index is 1.53. The van der Waals surface area contributed by atoms with Gasteiger partial charge in [-0.15, -0.1) is 22.7 Å². The van der Waals surface area contributed by atoms with E-state index in [1.54, 1.807) is 11.3 Å². The van der Waals surface area contributed by atoms with E-state index >= 15 is 0 Å². The number of hydrogen-bond acceptors (Lipinski definition) is 7. The van der Waals surface area contributed by atoms with Crippen molar-refractivity contribution in [1.82, 2.24) is 15.0 Å². The molecule has 0 atom stereocenters. The first-order valence-electron chi connectivity index (χ1n) is 13.0. The number of carboxylic acid groups (broad SMARTS) is 2. The molecule has 0 amide bonds. The highest BCUT2D eigenvalue weighted by Crippen LogP contribution is 2.39. The SMILES string of the molecule is CCCCCCc1ccc(-c2ccc(-c3cc(-c4cc(C(=O)O)ccn4)nc(-c4cc(C(=O)O)ccn4)c3)s2)s1. The molecule has 40 heavy (non-hydrogen) atoms. The Labute approximate surface area is 239 Å². The minimum absolute atomic E-state index is 0.103. The predicted molar refractivity (Wildman–Crippen MR) is 159 cm³/mol. The number of carbonyl (C=O) groups is 2. The minimum atomic E-state index is -1.06. The lowest BCUT2D eigenvalue weighted by molar-refractivity contribution is 0.0686. The molecule has 0 aliphatic carbocycles. The number of carboxylic acids is 2. The summed E-state index contributed by atoms with van der Waals surface area (Å²) in [4.78, 5) is 41.4. The fraction of sp³-hybridized carbons (Fsp3) is 0.194. The van der Waals surface area contributed by atoms with Gasteiger partial charge in [0.1, 0.15) is 0 Å². The van der Waals surface area contributed by atoms with Crippen molar-refractivity contribution in [2.75, 3.05) is 0 Å². The Kier molecular flexibility index (Phi) is 8.42. The first-order valence-corrected chi connectivity index (χ1v) is 14.7. The quantitative estimate of drug-likeness (QED) is 0.154. The molecule has 7 nitrogen and oxygen atoms in total. The van der Waals surface area contributed by atoms with Crippen molar-refractivity contribution in [2.45, 2.75) is 39.0 Å². The molecule has 5 aromatic heterocycles. The van der Waals surface area contributed by atoms with Gasteiger partial charge in [-0.2, -0.15) is 0 Å². The van der Waals surface area contributed by atoms with E-state index in [1.165, 1.54) is 72.1 Å². The first-order chi connectivity index (χ1) is 19.4. The van der Waals surface area contributed by atoms with Crippen LogP contribution in [0.5, 0.6) is 0 Å². The van der Waals surface area contributed by atoms with E-state index in [0.29, 0.717) is 22.8 Å². The van der Waals surface area contributed by atoms with Crippen LogP contribution >= 0.6 is 22.7 Å². The molecule has 0 aliphatic rings. The smallest absolute Gasteiger partial charge is 0.335 e. The molecule has 5 rings (SSSR count). The Morgan fingerprint density at radius 1 is 0.675 bits per heavy atom. The van der Waals surface area contributed by atoms with Crippen LogP contribution in [-0.2, 0) is 6.42 Å². The van der Waals surface area contributed by atoms with Crippen molar-refractivity contribution in [3.63, 3.8) is 0 Å². The van der Waals surface area contributed by atoms with Crippen LogP contribution in [0.2, 0.25) is 0 Å². The summed E-state index contributed by atoms with van der Waals surface area (Å²) in [7, 11) is 0. The van der Waals surface area contributed by atoms with Crippen LogP contribution in [0.4, 0.5) is 0 Å². The van der Waals surface area contributed by atoms with E-state index in [4.69, 9.17) is 4.98 Å². The molecule has 0 bridgehead atoms. The minimum Gasteiger partial charge on any atom is -0.478 e. The van der Waals surface area contributed by atoms with Crippen molar-refractivity contribution in [2.24, 2.45) is 0 Å². The summed E-state index contributed by atoms with van der Waals surface area (Å²) >= 11 is 3.49. The largest absolute Gasteiger partial charge is 0.478 e. The molecule has 5 aromatic rings. The average molecular weight is 570 g/mol. The van der Waals surface area contributed by atoms with Crippen molar-refractivity contribution in [3.8, 4) is 43.0 Å². The summed E-state index contributed by atoms with van der Waals surface area (Å²) in [6, 6.07) is 18.1. The maximum absolute atomic E-state index is 11.6. The second kappa shape index (κ2) is 12.3. The van der Waals surface area contributed by atoms with Crippen molar-refractivity contribution in [1.29, 1.82) is 0 Å². The number of aromatic nitrogens is 3. The van der Waals surface area contributed by atoms with Gasteiger partial charge < -0.3 is 10.2 Å². The molecular formula is C31H27N3O4S2. The summed E-state index contributed by atoms with van der Waals surface area (Å²) in [6.07, 6.45) is 8.95. The maximum atomic E-state index is 11.6. The van der Waals surface area contributed by atoms with E-state index < -0.39 is 11.9 Å². The number of hydrogen-bond donors (Lipinski definition) is 2. The van der Waals surface area contributed by atoms with E-state index in [-0.39, 0.29) is 11.1 Å². The van der Waals surface area contributed by atoms with E-state index in [2.05, 4.69) is 41.2 Å². The lowest BCUT2D eigenvalue weighted by Gasteiger charge is -2.09. The van der Waals surface area contributed by atoms with Gasteiger partial charge in [0.2, 0.25) is 0 Å². The molecule has 9 heteroatoms. The van der Waals surface area contributed by atoms with Gasteiger partial charge in [0, 0.05) is 31.9 Å². The van der Waals surface area contributed by atoms with Crippen molar-refractivity contribution >= 4 is 34.6 Å². The summed E-state index contributed by atoms with van der Waals surface area (Å²) in [5.41, 5.74) is 2.81. The van der Waals surface area contributed by atoms with Crippen LogP contribution < -0.4 is 0 Å². The molecule has 2 N–H and O–H groups in total. The highest BCUT2D eigenvalue weighted by molar-refractivity contribution is 7.23. The summed E-state index contributed by atoms with van der Waals surface area (Å²) in [5.74, 6) is -2.11. The van der Waals surface area contributed by atoms with Crippen LogP contribution in [0.15, 0.2) is 73.1 Å². The lowest BCUT2D eigenvalue weighted by atomic mass is 10.1. The number of unbranched alkanes of at least 4 members (excludes halogenated alkanes) is 3. The Bertz CT molecular complexity index is 1600. The fourth-order valence-electron chi connectivity index (χ4n) is 4.34. The molecule has 0 fully saturated rings. The zero-order valence-corrected chi connectivity index (χ0v) is 23.5. The number of thiophene rings is 2. The summed E-state index contributed by atoms with van der Waals surface area (Å²) < 4.78 is 0. The molecule has 0 spiro atoms. The van der Waals surface area contributed by atoms with Crippen LogP contribution in [0.25, 0.3) is 43.0 Å². The van der Waals surface area contributed by atoms with Gasteiger partial charge in [0.25, 0.3) is 0 Å². The fourth-order valence-corrected chi connectivity index (χ4v) is 6.47. The van der Waals surface area contributed by atoms with Crippen molar-refractivity contribution < 1.29 is 19.8 Å². The van der Waals surface area contributed by atoms with E-state index in [1.807, 2.05) is 23.5 Å². The monoisotopic (exact) mass is 569 g/mol. The molecule has 5 heterocycles. The van der Waals surface area contributed by atoms with E-state index in [9.17, 15) is 19.8 Å². The summed E-state index contributed by atoms with van der Waals surface area (Å²) in [6.45, 7) is 2.22. The summed E-state index contributed by atoms with van der Waals surface area (Å²) in [5, 5.41) is 19.0. The third kappa shape index (κ3) is 6.32. The zero-order valence-electron chi connectivity index (χ0n) is 21.8. The molecule has 0 radical (unpaired) electrons. The highest BCUT2D eigenvalue weighted by atomic mass is 32.1. The molecule has 0 aromatic carbocycles. The molecule has 0 saturated carbocycles. The Hall–Kier alpha value is -4.21. The molecular weight excluding hydrogens is 542 g/mol. The third-order valence-electron chi connectivity index (χ3n) is 6.44. The first kappa shape index (κ1) is 27.4. The van der Waals surface area contributed by atoms with Gasteiger partial charge in [0.05, 0.1) is 33.9 Å². The van der Waals surface area contributed by atoms with Gasteiger partial charge in [-0.05, 0) is 79.1 Å². The third-order valence-corrected chi connectivity index (χ3v) is 8.91. The number of pyridine rings is 3. The van der Waals surface area contributed by atoms with Crippen LogP contribution in [0, 0.1) is 0 Å². The average Bonchev–Trinajstić information content (AvgIpc) is 3.65. The molecule has 0 saturated heterocycles. The van der Waals surface area contributed by atoms with Gasteiger partial charge >= 0.3 is 11.9 Å². The second-order valence-corrected chi connectivity index (χ2v) is 11.6.